The Hall–Kier alpha value is -1.06. The van der Waals surface area contributed by atoms with Gasteiger partial charge >= 0.3 is 0 Å². The van der Waals surface area contributed by atoms with Crippen LogP contribution in [0, 0.1) is 6.92 Å². The second-order valence-corrected chi connectivity index (χ2v) is 4.17. The number of carbonyl (C=O) groups is 1. The lowest BCUT2D eigenvalue weighted by molar-refractivity contribution is 0.0791. The first-order chi connectivity index (χ1) is 7.16. The molecule has 1 atom stereocenters. The Morgan fingerprint density at radius 3 is 2.81 bits per heavy atom. The molecule has 1 amide bonds. The van der Waals surface area contributed by atoms with Crippen LogP contribution < -0.4 is 5.73 Å². The monoisotopic (exact) mass is 240 g/mol. The Morgan fingerprint density at radius 1 is 1.50 bits per heavy atom. The van der Waals surface area contributed by atoms with E-state index in [4.69, 9.17) is 5.73 Å². The molecule has 1 aromatic carbocycles. The number of nitrogens with two attached hydrogens (primary N) is 1. The van der Waals surface area contributed by atoms with Gasteiger partial charge < -0.3 is 10.6 Å². The summed E-state index contributed by atoms with van der Waals surface area (Å²) in [6, 6.07) is 7.84. The van der Waals surface area contributed by atoms with Gasteiger partial charge in [0.05, 0.1) is 0 Å². The van der Waals surface area contributed by atoms with Crippen LogP contribution in [0.1, 0.15) is 22.3 Å². The summed E-state index contributed by atoms with van der Waals surface area (Å²) in [6.07, 6.45) is 0.914. The summed E-state index contributed by atoms with van der Waals surface area (Å²) in [5.74, 6) is 0.103. The second kappa shape index (κ2) is 5.32. The number of benzene rings is 1. The Kier molecular flexibility index (Phi) is 4.33. The Morgan fingerprint density at radius 2 is 2.25 bits per heavy atom. The van der Waals surface area contributed by atoms with Crippen molar-refractivity contribution in [3.8, 4) is 0 Å². The lowest BCUT2D eigenvalue weighted by Crippen LogP contribution is -2.31. The Bertz CT molecular complexity index is 381. The zero-order chi connectivity index (χ0) is 10.8. The maximum Gasteiger partial charge on any atom is 0.253 e. The third-order valence-electron chi connectivity index (χ3n) is 2.78. The topological polar surface area (TPSA) is 46.3 Å². The van der Waals surface area contributed by atoms with Crippen molar-refractivity contribution in [2.75, 3.05) is 13.1 Å². The van der Waals surface area contributed by atoms with Crippen molar-refractivity contribution in [1.82, 2.24) is 4.90 Å². The maximum atomic E-state index is 12.0. The van der Waals surface area contributed by atoms with E-state index in [1.165, 1.54) is 0 Å². The van der Waals surface area contributed by atoms with Gasteiger partial charge in [-0.1, -0.05) is 17.7 Å². The molecule has 0 spiro atoms. The molecule has 1 unspecified atom stereocenters. The highest BCUT2D eigenvalue weighted by Crippen LogP contribution is 2.13. The average Bonchev–Trinajstić information content (AvgIpc) is 2.64. The van der Waals surface area contributed by atoms with Crippen molar-refractivity contribution in [1.29, 1.82) is 0 Å². The van der Waals surface area contributed by atoms with E-state index in [1.807, 2.05) is 36.1 Å². The summed E-state index contributed by atoms with van der Waals surface area (Å²) in [5, 5.41) is 0. The zero-order valence-electron chi connectivity index (χ0n) is 9.35. The van der Waals surface area contributed by atoms with Crippen molar-refractivity contribution < 1.29 is 4.79 Å². The maximum absolute atomic E-state index is 12.0. The summed E-state index contributed by atoms with van der Waals surface area (Å²) >= 11 is 0. The molecule has 88 valence electrons. The lowest BCUT2D eigenvalue weighted by Gasteiger charge is -2.15. The molecule has 1 fully saturated rings. The molecular weight excluding hydrogens is 224 g/mol. The van der Waals surface area contributed by atoms with Gasteiger partial charge in [0.1, 0.15) is 0 Å². The molecule has 0 aromatic heterocycles. The first kappa shape index (κ1) is 13.0. The number of aryl methyl sites for hydroxylation is 1. The molecular formula is C12H17ClN2O. The van der Waals surface area contributed by atoms with Gasteiger partial charge in [0.25, 0.3) is 5.91 Å². The zero-order valence-corrected chi connectivity index (χ0v) is 10.2. The van der Waals surface area contributed by atoms with Gasteiger partial charge in [0, 0.05) is 24.7 Å². The summed E-state index contributed by atoms with van der Waals surface area (Å²) in [6.45, 7) is 3.47. The second-order valence-electron chi connectivity index (χ2n) is 4.17. The summed E-state index contributed by atoms with van der Waals surface area (Å²) in [5.41, 5.74) is 7.66. The van der Waals surface area contributed by atoms with Gasteiger partial charge in [0.2, 0.25) is 0 Å². The van der Waals surface area contributed by atoms with Gasteiger partial charge in [-0.2, -0.15) is 0 Å². The predicted octanol–water partition coefficient (Wildman–Crippen LogP) is 1.59. The molecule has 1 saturated heterocycles. The summed E-state index contributed by atoms with van der Waals surface area (Å²) in [7, 11) is 0. The van der Waals surface area contributed by atoms with E-state index in [-0.39, 0.29) is 24.4 Å². The fourth-order valence-corrected chi connectivity index (χ4v) is 1.93. The molecule has 2 rings (SSSR count). The Labute approximate surface area is 102 Å². The van der Waals surface area contributed by atoms with Crippen molar-refractivity contribution in [3.63, 3.8) is 0 Å². The van der Waals surface area contributed by atoms with Crippen LogP contribution in [0.4, 0.5) is 0 Å². The minimum Gasteiger partial charge on any atom is -0.337 e. The fraction of sp³-hybridized carbons (Fsp3) is 0.417. The normalized spacial score (nSPS) is 19.4. The van der Waals surface area contributed by atoms with E-state index in [9.17, 15) is 4.79 Å². The molecule has 2 N–H and O–H groups in total. The first-order valence-electron chi connectivity index (χ1n) is 5.28. The summed E-state index contributed by atoms with van der Waals surface area (Å²) < 4.78 is 0. The van der Waals surface area contributed by atoms with Crippen LogP contribution in [-0.2, 0) is 0 Å². The number of hydrogen-bond donors (Lipinski definition) is 1. The highest BCUT2D eigenvalue weighted by molar-refractivity contribution is 5.94. The van der Waals surface area contributed by atoms with Crippen molar-refractivity contribution in [2.24, 2.45) is 5.73 Å². The van der Waals surface area contributed by atoms with Crippen molar-refractivity contribution in [3.05, 3.63) is 35.4 Å². The number of nitrogens with zero attached hydrogens (tertiary/aromatic N) is 1. The van der Waals surface area contributed by atoms with Crippen LogP contribution in [0.5, 0.6) is 0 Å². The molecule has 0 bridgehead atoms. The molecule has 1 aliphatic rings. The van der Waals surface area contributed by atoms with E-state index in [2.05, 4.69) is 0 Å². The summed E-state index contributed by atoms with van der Waals surface area (Å²) in [4.78, 5) is 13.8. The highest BCUT2D eigenvalue weighted by atomic mass is 35.5. The molecule has 0 saturated carbocycles. The molecule has 1 aromatic rings. The largest absolute Gasteiger partial charge is 0.337 e. The minimum atomic E-state index is 0. The number of amides is 1. The SMILES string of the molecule is Cc1cccc(C(=O)N2CCC(N)C2)c1.Cl. The number of halogens is 1. The standard InChI is InChI=1S/C12H16N2O.ClH/c1-9-3-2-4-10(7-9)12(15)14-6-5-11(13)8-14;/h2-4,7,11H,5-6,8,13H2,1H3;1H. The van der Waals surface area contributed by atoms with Crippen molar-refractivity contribution >= 4 is 18.3 Å². The van der Waals surface area contributed by atoms with Crippen LogP contribution in [0.15, 0.2) is 24.3 Å². The van der Waals surface area contributed by atoms with Gasteiger partial charge in [-0.05, 0) is 25.5 Å². The minimum absolute atomic E-state index is 0. The van der Waals surface area contributed by atoms with E-state index in [1.54, 1.807) is 0 Å². The number of likely N-dealkylation sites (tertiary alicyclic amines) is 1. The molecule has 1 aliphatic heterocycles. The third-order valence-corrected chi connectivity index (χ3v) is 2.78. The fourth-order valence-electron chi connectivity index (χ4n) is 1.93. The number of rotatable bonds is 1. The van der Waals surface area contributed by atoms with E-state index >= 15 is 0 Å². The van der Waals surface area contributed by atoms with Crippen molar-refractivity contribution in [2.45, 2.75) is 19.4 Å². The van der Waals surface area contributed by atoms with Gasteiger partial charge in [-0.15, -0.1) is 12.4 Å². The molecule has 0 aliphatic carbocycles. The van der Waals surface area contributed by atoms with Crippen LogP contribution >= 0.6 is 12.4 Å². The van der Waals surface area contributed by atoms with Gasteiger partial charge in [-0.3, -0.25) is 4.79 Å². The molecule has 3 nitrogen and oxygen atoms in total. The predicted molar refractivity (Wildman–Crippen MR) is 66.9 cm³/mol. The van der Waals surface area contributed by atoms with E-state index < -0.39 is 0 Å². The lowest BCUT2D eigenvalue weighted by atomic mass is 10.1. The number of carbonyl (C=O) groups excluding carboxylic acids is 1. The van der Waals surface area contributed by atoms with Crippen LogP contribution in [0.2, 0.25) is 0 Å². The number of hydrogen-bond acceptors (Lipinski definition) is 2. The van der Waals surface area contributed by atoms with Gasteiger partial charge in [0.15, 0.2) is 0 Å². The quantitative estimate of drug-likeness (QED) is 0.811. The highest BCUT2D eigenvalue weighted by Gasteiger charge is 2.24. The van der Waals surface area contributed by atoms with Crippen LogP contribution in [-0.4, -0.2) is 29.9 Å². The Balaban J connectivity index is 0.00000128. The van der Waals surface area contributed by atoms with Crippen LogP contribution in [0.25, 0.3) is 0 Å². The molecule has 16 heavy (non-hydrogen) atoms. The first-order valence-corrected chi connectivity index (χ1v) is 5.28. The van der Waals surface area contributed by atoms with E-state index in [0.717, 1.165) is 24.1 Å². The smallest absolute Gasteiger partial charge is 0.253 e. The molecule has 4 heteroatoms. The third kappa shape index (κ3) is 2.74. The molecule has 0 radical (unpaired) electrons. The van der Waals surface area contributed by atoms with E-state index in [0.29, 0.717) is 6.54 Å². The van der Waals surface area contributed by atoms with Crippen LogP contribution in [0.3, 0.4) is 0 Å². The van der Waals surface area contributed by atoms with Gasteiger partial charge in [-0.25, -0.2) is 0 Å². The average molecular weight is 241 g/mol. The molecule has 1 heterocycles.